The van der Waals surface area contributed by atoms with Crippen LogP contribution in [0.3, 0.4) is 0 Å². The highest BCUT2D eigenvalue weighted by molar-refractivity contribution is 7.99. The van der Waals surface area contributed by atoms with E-state index < -0.39 is 0 Å². The van der Waals surface area contributed by atoms with Crippen molar-refractivity contribution in [2.24, 2.45) is 0 Å². The van der Waals surface area contributed by atoms with E-state index in [0.717, 1.165) is 30.0 Å². The van der Waals surface area contributed by atoms with Crippen LogP contribution in [0.1, 0.15) is 28.4 Å². The average molecular weight is 355 g/mol. The standard InChI is InChI=1S/C20H21NO3S/c1-14(22)16-7-8-19(24-2)17(11-16)12-25-13-20(23)21-10-9-15-5-3-4-6-18(15)21/h3-8,11H,9-10,12-13H2,1-2H3. The molecule has 0 aromatic heterocycles. The Morgan fingerprint density at radius 3 is 2.76 bits per heavy atom. The summed E-state index contributed by atoms with van der Waals surface area (Å²) in [5, 5.41) is 0. The number of anilines is 1. The number of methoxy groups -OCH3 is 1. The molecule has 0 atom stereocenters. The molecule has 0 N–H and O–H groups in total. The van der Waals surface area contributed by atoms with Crippen molar-refractivity contribution in [2.45, 2.75) is 19.1 Å². The fraction of sp³-hybridized carbons (Fsp3) is 0.300. The molecule has 130 valence electrons. The van der Waals surface area contributed by atoms with Crippen molar-refractivity contribution in [3.05, 3.63) is 59.2 Å². The molecule has 0 spiro atoms. The Bertz CT molecular complexity index is 803. The van der Waals surface area contributed by atoms with E-state index in [9.17, 15) is 9.59 Å². The summed E-state index contributed by atoms with van der Waals surface area (Å²) in [6.45, 7) is 2.30. The van der Waals surface area contributed by atoms with Gasteiger partial charge in [-0.2, -0.15) is 0 Å². The van der Waals surface area contributed by atoms with Gasteiger partial charge in [0.1, 0.15) is 5.75 Å². The summed E-state index contributed by atoms with van der Waals surface area (Å²) < 4.78 is 5.36. The second-order valence-electron chi connectivity index (χ2n) is 6.00. The van der Waals surface area contributed by atoms with Crippen LogP contribution in [-0.4, -0.2) is 31.1 Å². The van der Waals surface area contributed by atoms with Gasteiger partial charge in [0.25, 0.3) is 0 Å². The van der Waals surface area contributed by atoms with E-state index >= 15 is 0 Å². The number of hydrogen-bond donors (Lipinski definition) is 0. The van der Waals surface area contributed by atoms with Gasteiger partial charge < -0.3 is 9.64 Å². The van der Waals surface area contributed by atoms with Crippen molar-refractivity contribution in [1.82, 2.24) is 0 Å². The lowest BCUT2D eigenvalue weighted by atomic mass is 10.1. The highest BCUT2D eigenvalue weighted by Crippen LogP contribution is 2.29. The SMILES string of the molecule is COc1ccc(C(C)=O)cc1CSCC(=O)N1CCc2ccccc21. The van der Waals surface area contributed by atoms with Gasteiger partial charge in [-0.05, 0) is 43.2 Å². The molecular formula is C20H21NO3S. The smallest absolute Gasteiger partial charge is 0.237 e. The van der Waals surface area contributed by atoms with Crippen molar-refractivity contribution >= 4 is 29.1 Å². The van der Waals surface area contributed by atoms with Gasteiger partial charge in [-0.15, -0.1) is 11.8 Å². The van der Waals surface area contributed by atoms with Gasteiger partial charge in [0, 0.05) is 29.1 Å². The number of Topliss-reactive ketones (excluding diaryl/α,β-unsaturated/α-hetero) is 1. The lowest BCUT2D eigenvalue weighted by Gasteiger charge is -2.17. The van der Waals surface area contributed by atoms with Crippen LogP contribution in [0.15, 0.2) is 42.5 Å². The summed E-state index contributed by atoms with van der Waals surface area (Å²) in [7, 11) is 1.61. The summed E-state index contributed by atoms with van der Waals surface area (Å²) in [6.07, 6.45) is 0.918. The Morgan fingerprint density at radius 2 is 2.00 bits per heavy atom. The van der Waals surface area contributed by atoms with E-state index in [0.29, 0.717) is 17.1 Å². The third-order valence-electron chi connectivity index (χ3n) is 4.36. The molecule has 5 heteroatoms. The number of benzene rings is 2. The van der Waals surface area contributed by atoms with Gasteiger partial charge in [0.05, 0.1) is 12.9 Å². The van der Waals surface area contributed by atoms with E-state index in [4.69, 9.17) is 4.74 Å². The highest BCUT2D eigenvalue weighted by atomic mass is 32.2. The third kappa shape index (κ3) is 3.87. The summed E-state index contributed by atoms with van der Waals surface area (Å²) in [5.74, 6) is 1.93. The number of hydrogen-bond acceptors (Lipinski definition) is 4. The number of para-hydroxylation sites is 1. The van der Waals surface area contributed by atoms with E-state index in [2.05, 4.69) is 6.07 Å². The van der Waals surface area contributed by atoms with Crippen LogP contribution in [0, 0.1) is 0 Å². The molecule has 1 amide bonds. The number of carbonyl (C=O) groups excluding carboxylic acids is 2. The molecule has 25 heavy (non-hydrogen) atoms. The molecule has 3 rings (SSSR count). The van der Waals surface area contributed by atoms with Gasteiger partial charge >= 0.3 is 0 Å². The molecule has 0 saturated carbocycles. The summed E-state index contributed by atoms with van der Waals surface area (Å²) in [5.41, 5.74) is 3.87. The molecule has 1 heterocycles. The molecule has 1 aliphatic heterocycles. The lowest BCUT2D eigenvalue weighted by Crippen LogP contribution is -2.30. The number of ether oxygens (including phenoxy) is 1. The minimum Gasteiger partial charge on any atom is -0.496 e. The van der Waals surface area contributed by atoms with Crippen LogP contribution in [0.25, 0.3) is 0 Å². The lowest BCUT2D eigenvalue weighted by molar-refractivity contribution is -0.116. The molecule has 2 aromatic rings. The fourth-order valence-electron chi connectivity index (χ4n) is 3.03. The third-order valence-corrected chi connectivity index (χ3v) is 5.32. The summed E-state index contributed by atoms with van der Waals surface area (Å²) in [4.78, 5) is 26.0. The molecule has 0 saturated heterocycles. The maximum atomic E-state index is 12.5. The minimum atomic E-state index is 0.0265. The van der Waals surface area contributed by atoms with Crippen LogP contribution < -0.4 is 9.64 Å². The number of ketones is 1. The predicted molar refractivity (Wildman–Crippen MR) is 102 cm³/mol. The van der Waals surface area contributed by atoms with E-state index in [1.54, 1.807) is 31.9 Å². The zero-order chi connectivity index (χ0) is 17.8. The van der Waals surface area contributed by atoms with Crippen molar-refractivity contribution in [3.8, 4) is 5.75 Å². The Hall–Kier alpha value is -2.27. The maximum Gasteiger partial charge on any atom is 0.237 e. The molecule has 0 bridgehead atoms. The van der Waals surface area contributed by atoms with Gasteiger partial charge in [-0.1, -0.05) is 18.2 Å². The Balaban J connectivity index is 1.63. The van der Waals surface area contributed by atoms with E-state index in [-0.39, 0.29) is 11.7 Å². The zero-order valence-corrected chi connectivity index (χ0v) is 15.3. The zero-order valence-electron chi connectivity index (χ0n) is 14.5. The van der Waals surface area contributed by atoms with Crippen molar-refractivity contribution < 1.29 is 14.3 Å². The second-order valence-corrected chi connectivity index (χ2v) is 6.99. The fourth-order valence-corrected chi connectivity index (χ4v) is 3.91. The molecule has 0 radical (unpaired) electrons. The average Bonchev–Trinajstić information content (AvgIpc) is 3.05. The first-order chi connectivity index (χ1) is 12.1. The van der Waals surface area contributed by atoms with Crippen LogP contribution >= 0.6 is 11.8 Å². The van der Waals surface area contributed by atoms with E-state index in [1.807, 2.05) is 35.2 Å². The Kier molecular flexibility index (Phi) is 5.43. The summed E-state index contributed by atoms with van der Waals surface area (Å²) >= 11 is 1.54. The summed E-state index contributed by atoms with van der Waals surface area (Å²) in [6, 6.07) is 13.5. The van der Waals surface area contributed by atoms with Crippen molar-refractivity contribution in [2.75, 3.05) is 24.3 Å². The highest BCUT2D eigenvalue weighted by Gasteiger charge is 2.23. The maximum absolute atomic E-state index is 12.5. The van der Waals surface area contributed by atoms with Gasteiger partial charge in [-0.25, -0.2) is 0 Å². The van der Waals surface area contributed by atoms with Gasteiger partial charge in [0.15, 0.2) is 5.78 Å². The molecule has 4 nitrogen and oxygen atoms in total. The predicted octanol–water partition coefficient (Wildman–Crippen LogP) is 3.72. The van der Waals surface area contributed by atoms with Crippen molar-refractivity contribution in [1.29, 1.82) is 0 Å². The quantitative estimate of drug-likeness (QED) is 0.741. The normalized spacial score (nSPS) is 12.8. The van der Waals surface area contributed by atoms with E-state index in [1.165, 1.54) is 5.56 Å². The van der Waals surface area contributed by atoms with Crippen LogP contribution in [0.4, 0.5) is 5.69 Å². The number of fused-ring (bicyclic) bond motifs is 1. The van der Waals surface area contributed by atoms with Gasteiger partial charge in [-0.3, -0.25) is 9.59 Å². The number of amides is 1. The second kappa shape index (κ2) is 7.74. The molecule has 0 fully saturated rings. The topological polar surface area (TPSA) is 46.6 Å². The first-order valence-corrected chi connectivity index (χ1v) is 9.39. The number of nitrogens with zero attached hydrogens (tertiary/aromatic N) is 1. The van der Waals surface area contributed by atoms with Crippen LogP contribution in [-0.2, 0) is 17.0 Å². The molecule has 2 aromatic carbocycles. The Morgan fingerprint density at radius 1 is 1.20 bits per heavy atom. The molecular weight excluding hydrogens is 334 g/mol. The number of rotatable bonds is 6. The first kappa shape index (κ1) is 17.5. The monoisotopic (exact) mass is 355 g/mol. The number of thioether (sulfide) groups is 1. The van der Waals surface area contributed by atoms with Crippen LogP contribution in [0.5, 0.6) is 5.75 Å². The van der Waals surface area contributed by atoms with Gasteiger partial charge in [0.2, 0.25) is 5.91 Å². The largest absolute Gasteiger partial charge is 0.496 e. The minimum absolute atomic E-state index is 0.0265. The molecule has 0 aliphatic carbocycles. The Labute approximate surface area is 152 Å². The molecule has 1 aliphatic rings. The first-order valence-electron chi connectivity index (χ1n) is 8.24. The number of carbonyl (C=O) groups is 2. The van der Waals surface area contributed by atoms with Crippen LogP contribution in [0.2, 0.25) is 0 Å². The van der Waals surface area contributed by atoms with Crippen molar-refractivity contribution in [3.63, 3.8) is 0 Å². The molecule has 0 unspecified atom stereocenters.